The lowest BCUT2D eigenvalue weighted by molar-refractivity contribution is -0.131. The number of hydrogen-bond acceptors (Lipinski definition) is 4. The van der Waals surface area contributed by atoms with Gasteiger partial charge in [-0.25, -0.2) is 8.78 Å². The van der Waals surface area contributed by atoms with E-state index in [1.807, 2.05) is 17.9 Å². The molecule has 0 atom stereocenters. The highest BCUT2D eigenvalue weighted by molar-refractivity contribution is 5.85. The number of rotatable bonds is 4. The highest BCUT2D eigenvalue weighted by Gasteiger charge is 2.23. The largest absolute Gasteiger partial charge is 0.366 e. The van der Waals surface area contributed by atoms with Crippen molar-refractivity contribution in [2.24, 2.45) is 0 Å². The lowest BCUT2D eigenvalue weighted by Gasteiger charge is -2.36. The first-order chi connectivity index (χ1) is 15.4. The van der Waals surface area contributed by atoms with Gasteiger partial charge in [0.15, 0.2) is 0 Å². The van der Waals surface area contributed by atoms with E-state index in [-0.39, 0.29) is 23.3 Å². The fourth-order valence-electron chi connectivity index (χ4n) is 4.10. The Morgan fingerprint density at radius 1 is 1.09 bits per heavy atom. The number of aromatic amines is 1. The van der Waals surface area contributed by atoms with Gasteiger partial charge in [-0.3, -0.25) is 9.59 Å². The summed E-state index contributed by atoms with van der Waals surface area (Å²) in [4.78, 5) is 31.3. The molecule has 0 radical (unpaired) electrons. The minimum absolute atomic E-state index is 0.0335. The maximum absolute atomic E-state index is 14.3. The van der Waals surface area contributed by atoms with Crippen LogP contribution in [0.15, 0.2) is 41.2 Å². The van der Waals surface area contributed by atoms with Crippen LogP contribution in [0.3, 0.4) is 0 Å². The standard InChI is InChI=1S/C24H22F2N4O2/c1-15-2-5-19(25)23-18(15)13-17(28-24(23)32)4-7-22(31)30-10-8-29(9-11-30)21-6-3-16(14-27)12-20(21)26/h2-3,5-6,12-13H,4,7-11H2,1H3,(H,28,32). The van der Waals surface area contributed by atoms with E-state index in [4.69, 9.17) is 5.26 Å². The number of amides is 1. The molecular formula is C24H22F2N4O2. The van der Waals surface area contributed by atoms with Crippen LogP contribution in [-0.4, -0.2) is 42.0 Å². The van der Waals surface area contributed by atoms with Crippen molar-refractivity contribution in [2.45, 2.75) is 19.8 Å². The number of hydrogen-bond donors (Lipinski definition) is 1. The van der Waals surface area contributed by atoms with Gasteiger partial charge in [0.1, 0.15) is 11.6 Å². The number of pyridine rings is 1. The normalized spacial score (nSPS) is 13.9. The summed E-state index contributed by atoms with van der Waals surface area (Å²) in [5, 5.41) is 9.46. The zero-order valence-corrected chi connectivity index (χ0v) is 17.6. The summed E-state index contributed by atoms with van der Waals surface area (Å²) in [6, 6.07) is 10.9. The summed E-state index contributed by atoms with van der Waals surface area (Å²) in [6.07, 6.45) is 0.547. The molecule has 1 saturated heterocycles. The van der Waals surface area contributed by atoms with E-state index < -0.39 is 17.2 Å². The number of nitrogens with zero attached hydrogens (tertiary/aromatic N) is 3. The maximum Gasteiger partial charge on any atom is 0.259 e. The third-order valence-corrected chi connectivity index (χ3v) is 5.89. The average molecular weight is 436 g/mol. The molecule has 0 saturated carbocycles. The van der Waals surface area contributed by atoms with Crippen LogP contribution in [0.5, 0.6) is 0 Å². The van der Waals surface area contributed by atoms with Gasteiger partial charge in [-0.15, -0.1) is 0 Å². The molecule has 0 spiro atoms. The molecule has 0 aliphatic carbocycles. The van der Waals surface area contributed by atoms with Crippen LogP contribution in [0.4, 0.5) is 14.5 Å². The lowest BCUT2D eigenvalue weighted by atomic mass is 10.0. The molecule has 164 valence electrons. The van der Waals surface area contributed by atoms with Crippen molar-refractivity contribution in [3.63, 3.8) is 0 Å². The summed E-state index contributed by atoms with van der Waals surface area (Å²) in [6.45, 7) is 3.69. The van der Waals surface area contributed by atoms with Gasteiger partial charge >= 0.3 is 0 Å². The Bertz CT molecular complexity index is 1290. The van der Waals surface area contributed by atoms with Gasteiger partial charge in [0.2, 0.25) is 5.91 Å². The molecule has 1 N–H and O–H groups in total. The number of benzene rings is 2. The average Bonchev–Trinajstić information content (AvgIpc) is 2.79. The Labute approximate surface area is 183 Å². The Kier molecular flexibility index (Phi) is 5.91. The number of carbonyl (C=O) groups excluding carboxylic acids is 1. The van der Waals surface area contributed by atoms with Crippen molar-refractivity contribution in [3.8, 4) is 6.07 Å². The fourth-order valence-corrected chi connectivity index (χ4v) is 4.10. The van der Waals surface area contributed by atoms with Crippen LogP contribution in [0.1, 0.15) is 23.2 Å². The van der Waals surface area contributed by atoms with E-state index in [0.717, 1.165) is 5.56 Å². The number of anilines is 1. The number of H-pyrrole nitrogens is 1. The zero-order chi connectivity index (χ0) is 22.8. The van der Waals surface area contributed by atoms with E-state index >= 15 is 0 Å². The van der Waals surface area contributed by atoms with Gasteiger partial charge in [0.05, 0.1) is 22.7 Å². The number of carbonyl (C=O) groups is 1. The Hall–Kier alpha value is -3.73. The Morgan fingerprint density at radius 2 is 1.84 bits per heavy atom. The third kappa shape index (κ3) is 4.19. The quantitative estimate of drug-likeness (QED) is 0.681. The van der Waals surface area contributed by atoms with Gasteiger partial charge in [0, 0.05) is 38.3 Å². The van der Waals surface area contributed by atoms with Crippen LogP contribution in [0.25, 0.3) is 10.8 Å². The molecule has 1 amide bonds. The van der Waals surface area contributed by atoms with Crippen LogP contribution >= 0.6 is 0 Å². The van der Waals surface area contributed by atoms with Crippen LogP contribution in [-0.2, 0) is 11.2 Å². The molecule has 1 aromatic heterocycles. The van der Waals surface area contributed by atoms with Crippen molar-refractivity contribution in [1.82, 2.24) is 9.88 Å². The third-order valence-electron chi connectivity index (χ3n) is 5.89. The minimum Gasteiger partial charge on any atom is -0.366 e. The zero-order valence-electron chi connectivity index (χ0n) is 17.6. The van der Waals surface area contributed by atoms with Crippen molar-refractivity contribution >= 4 is 22.4 Å². The maximum atomic E-state index is 14.3. The summed E-state index contributed by atoms with van der Waals surface area (Å²) in [5.41, 5.74) is 1.58. The minimum atomic E-state index is -0.564. The molecule has 4 rings (SSSR count). The number of aryl methyl sites for hydroxylation is 2. The highest BCUT2D eigenvalue weighted by Crippen LogP contribution is 2.23. The monoisotopic (exact) mass is 436 g/mol. The number of nitriles is 1. The molecule has 32 heavy (non-hydrogen) atoms. The van der Waals surface area contributed by atoms with Gasteiger partial charge in [-0.1, -0.05) is 6.07 Å². The second-order valence-electron chi connectivity index (χ2n) is 7.92. The summed E-state index contributed by atoms with van der Waals surface area (Å²) in [5.74, 6) is -1.07. The summed E-state index contributed by atoms with van der Waals surface area (Å²) >= 11 is 0. The number of nitrogens with one attached hydrogen (secondary N) is 1. The second kappa shape index (κ2) is 8.79. The van der Waals surface area contributed by atoms with Crippen LogP contribution in [0, 0.1) is 29.9 Å². The summed E-state index contributed by atoms with van der Waals surface area (Å²) < 4.78 is 28.3. The molecule has 1 aliphatic heterocycles. The predicted molar refractivity (Wildman–Crippen MR) is 117 cm³/mol. The van der Waals surface area contributed by atoms with Crippen molar-refractivity contribution in [3.05, 3.63) is 75.2 Å². The van der Waals surface area contributed by atoms with E-state index in [9.17, 15) is 18.4 Å². The number of piperazine rings is 1. The molecule has 2 heterocycles. The number of aromatic nitrogens is 1. The number of halogens is 2. The fraction of sp³-hybridized carbons (Fsp3) is 0.292. The predicted octanol–water partition coefficient (Wildman–Crippen LogP) is 3.27. The molecule has 2 aromatic carbocycles. The Balaban J connectivity index is 1.38. The summed E-state index contributed by atoms with van der Waals surface area (Å²) in [7, 11) is 0. The SMILES string of the molecule is Cc1ccc(F)c2c(=O)[nH]c(CCC(=O)N3CCN(c4ccc(C#N)cc4F)CC3)cc12. The molecular weight excluding hydrogens is 414 g/mol. The Morgan fingerprint density at radius 3 is 2.53 bits per heavy atom. The topological polar surface area (TPSA) is 80.2 Å². The van der Waals surface area contributed by atoms with Gasteiger partial charge in [0.25, 0.3) is 5.56 Å². The lowest BCUT2D eigenvalue weighted by Crippen LogP contribution is -2.49. The van der Waals surface area contributed by atoms with Crippen molar-refractivity contribution in [2.75, 3.05) is 31.1 Å². The molecule has 8 heteroatoms. The van der Waals surface area contributed by atoms with Crippen LogP contribution in [0.2, 0.25) is 0 Å². The molecule has 1 fully saturated rings. The van der Waals surface area contributed by atoms with Gasteiger partial charge < -0.3 is 14.8 Å². The molecule has 6 nitrogen and oxygen atoms in total. The van der Waals surface area contributed by atoms with Gasteiger partial charge in [-0.05, 0) is 54.6 Å². The van der Waals surface area contributed by atoms with Crippen LogP contribution < -0.4 is 10.5 Å². The van der Waals surface area contributed by atoms with Gasteiger partial charge in [-0.2, -0.15) is 5.26 Å². The molecule has 0 unspecified atom stereocenters. The first-order valence-electron chi connectivity index (χ1n) is 10.4. The molecule has 1 aliphatic rings. The molecule has 0 bridgehead atoms. The second-order valence-corrected chi connectivity index (χ2v) is 7.92. The smallest absolute Gasteiger partial charge is 0.259 e. The van der Waals surface area contributed by atoms with Crippen molar-refractivity contribution < 1.29 is 13.6 Å². The first-order valence-corrected chi connectivity index (χ1v) is 10.4. The molecule has 3 aromatic rings. The van der Waals surface area contributed by atoms with E-state index in [1.54, 1.807) is 29.2 Å². The highest BCUT2D eigenvalue weighted by atomic mass is 19.1. The first kappa shape index (κ1) is 21.5. The number of fused-ring (bicyclic) bond motifs is 1. The van der Waals surface area contributed by atoms with E-state index in [0.29, 0.717) is 49.4 Å². The van der Waals surface area contributed by atoms with E-state index in [2.05, 4.69) is 4.98 Å². The van der Waals surface area contributed by atoms with E-state index in [1.165, 1.54) is 12.1 Å². The van der Waals surface area contributed by atoms with Crippen molar-refractivity contribution in [1.29, 1.82) is 5.26 Å².